The maximum atomic E-state index is 16.4. The predicted molar refractivity (Wildman–Crippen MR) is 168 cm³/mol. The highest BCUT2D eigenvalue weighted by Crippen LogP contribution is 2.52. The van der Waals surface area contributed by atoms with E-state index in [1.165, 1.54) is 24.1 Å². The molecule has 1 atom stereocenters. The molecule has 3 aromatic rings. The average Bonchev–Trinajstić information content (AvgIpc) is 3.68. The summed E-state index contributed by atoms with van der Waals surface area (Å²) in [5.74, 6) is -1.68. The summed E-state index contributed by atoms with van der Waals surface area (Å²) in [6.45, 7) is 9.37. The normalized spacial score (nSPS) is 18.6. The number of carbonyl (C=O) groups excluding carboxylic acids is 3. The molecule has 8 nitrogen and oxygen atoms in total. The fourth-order valence-electron chi connectivity index (χ4n) is 5.98. The number of benzene rings is 2. The van der Waals surface area contributed by atoms with Crippen LogP contribution in [0.15, 0.2) is 54.7 Å². The molecular weight excluding hydrogens is 624 g/mol. The lowest BCUT2D eigenvalue weighted by molar-refractivity contribution is -0.126. The van der Waals surface area contributed by atoms with Crippen molar-refractivity contribution in [2.24, 2.45) is 0 Å². The second-order valence-corrected chi connectivity index (χ2v) is 17.8. The van der Waals surface area contributed by atoms with Crippen LogP contribution in [0.1, 0.15) is 64.2 Å². The zero-order chi connectivity index (χ0) is 32.0. The Labute approximate surface area is 267 Å². The van der Waals surface area contributed by atoms with E-state index >= 15 is 4.39 Å². The maximum Gasteiger partial charge on any atom is 0.402 e. The van der Waals surface area contributed by atoms with Gasteiger partial charge in [-0.3, -0.25) is 19.5 Å². The lowest BCUT2D eigenvalue weighted by Gasteiger charge is -2.44. The molecule has 2 heterocycles. The lowest BCUT2D eigenvalue weighted by Crippen LogP contribution is -2.59. The first-order valence-electron chi connectivity index (χ1n) is 14.4. The highest BCUT2D eigenvalue weighted by atomic mass is 35.5. The lowest BCUT2D eigenvalue weighted by atomic mass is 9.91. The molecule has 0 spiro atoms. The van der Waals surface area contributed by atoms with E-state index in [0.717, 1.165) is 6.07 Å². The number of aromatic nitrogens is 1. The Bertz CT molecular complexity index is 1610. The van der Waals surface area contributed by atoms with E-state index in [1.807, 2.05) is 4.57 Å². The van der Waals surface area contributed by atoms with Gasteiger partial charge < -0.3 is 14.0 Å². The molecule has 232 valence electrons. The van der Waals surface area contributed by atoms with Crippen molar-refractivity contribution < 1.29 is 28.2 Å². The van der Waals surface area contributed by atoms with Crippen molar-refractivity contribution in [2.45, 2.75) is 64.1 Å². The molecule has 12 heteroatoms. The molecule has 1 aliphatic heterocycles. The van der Waals surface area contributed by atoms with Gasteiger partial charge in [0.1, 0.15) is 5.82 Å². The molecule has 44 heavy (non-hydrogen) atoms. The Hall–Kier alpha value is -3.31. The third kappa shape index (κ3) is 5.76. The number of carbonyl (C=O) groups is 3. The number of rotatable bonds is 10. The largest absolute Gasteiger partial charge is 0.450 e. The number of amides is 2. The molecule has 1 aromatic heterocycles. The molecule has 0 N–H and O–H groups in total. The Morgan fingerprint density at radius 3 is 2.27 bits per heavy atom. The minimum atomic E-state index is -2.30. The van der Waals surface area contributed by atoms with Crippen molar-refractivity contribution in [2.75, 3.05) is 13.2 Å². The molecule has 1 unspecified atom stereocenters. The first kappa shape index (κ1) is 32.1. The van der Waals surface area contributed by atoms with Gasteiger partial charge in [0.25, 0.3) is 5.91 Å². The van der Waals surface area contributed by atoms with Crippen LogP contribution in [0.5, 0.6) is 0 Å². The number of nitrogens with zero attached hydrogens (tertiary/aromatic N) is 3. The number of halogens is 3. The molecular formula is C32H34Cl2FN3O5Si. The first-order chi connectivity index (χ1) is 20.7. The average molecular weight is 659 g/mol. The van der Waals surface area contributed by atoms with Crippen LogP contribution < -0.4 is 0 Å². The van der Waals surface area contributed by atoms with Crippen LogP contribution in [0, 0.1) is 5.82 Å². The van der Waals surface area contributed by atoms with Crippen LogP contribution in [-0.4, -0.2) is 59.2 Å². The Morgan fingerprint density at radius 1 is 1.07 bits per heavy atom. The van der Waals surface area contributed by atoms with E-state index in [2.05, 4.69) is 24.6 Å². The van der Waals surface area contributed by atoms with Crippen molar-refractivity contribution >= 4 is 49.2 Å². The number of pyridine rings is 1. The smallest absolute Gasteiger partial charge is 0.402 e. The van der Waals surface area contributed by atoms with Crippen LogP contribution in [-0.2, 0) is 21.7 Å². The molecule has 2 aromatic carbocycles. The Kier molecular flexibility index (Phi) is 8.67. The second kappa shape index (κ2) is 11.9. The minimum Gasteiger partial charge on any atom is -0.450 e. The van der Waals surface area contributed by atoms with E-state index in [4.69, 9.17) is 32.7 Å². The Balaban J connectivity index is 1.71. The standard InChI is InChI=1S/C32H34Cl2FN3O5Si/c1-6-42-30(41)38(44(3,4)5)31(13-14-31)19-43-32(22-7-9-23(33)10-8-22)28-26(15-21(20(2)39)16-27(28)35)29(40)37(32)18-25-12-11-24(34)17-36-25/h7-12,15-17H,6,13-14,18-19H2,1-5H3. The van der Waals surface area contributed by atoms with E-state index in [0.29, 0.717) is 34.1 Å². The van der Waals surface area contributed by atoms with E-state index in [1.54, 1.807) is 43.3 Å². The van der Waals surface area contributed by atoms with E-state index < -0.39 is 37.3 Å². The molecule has 0 saturated heterocycles. The Morgan fingerprint density at radius 2 is 1.73 bits per heavy atom. The van der Waals surface area contributed by atoms with Crippen LogP contribution >= 0.6 is 23.2 Å². The van der Waals surface area contributed by atoms with Gasteiger partial charge in [0, 0.05) is 22.3 Å². The maximum absolute atomic E-state index is 16.4. The number of ketones is 1. The van der Waals surface area contributed by atoms with Gasteiger partial charge in [-0.05, 0) is 63.1 Å². The van der Waals surface area contributed by atoms with Crippen molar-refractivity contribution in [1.29, 1.82) is 0 Å². The molecule has 5 rings (SSSR count). The number of fused-ring (bicyclic) bond motifs is 1. The van der Waals surface area contributed by atoms with Crippen LogP contribution in [0.2, 0.25) is 29.7 Å². The fraction of sp³-hybridized carbons (Fsp3) is 0.375. The fourth-order valence-corrected chi connectivity index (χ4v) is 8.54. The summed E-state index contributed by atoms with van der Waals surface area (Å²) in [4.78, 5) is 45.7. The summed E-state index contributed by atoms with van der Waals surface area (Å²) in [6, 6.07) is 12.5. The van der Waals surface area contributed by atoms with E-state index in [9.17, 15) is 14.4 Å². The topological polar surface area (TPSA) is 89.0 Å². The van der Waals surface area contributed by atoms with Crippen LogP contribution in [0.4, 0.5) is 9.18 Å². The van der Waals surface area contributed by atoms with Crippen molar-refractivity contribution in [3.05, 3.63) is 98.5 Å². The number of ether oxygens (including phenoxy) is 2. The molecule has 1 aliphatic carbocycles. The quantitative estimate of drug-likeness (QED) is 0.166. The molecule has 2 aliphatic rings. The molecule has 1 saturated carbocycles. The summed E-state index contributed by atoms with van der Waals surface area (Å²) in [6.07, 6.45) is 2.35. The summed E-state index contributed by atoms with van der Waals surface area (Å²) < 4.78 is 30.5. The third-order valence-electron chi connectivity index (χ3n) is 8.01. The summed E-state index contributed by atoms with van der Waals surface area (Å²) in [7, 11) is -2.30. The first-order valence-corrected chi connectivity index (χ1v) is 18.6. The summed E-state index contributed by atoms with van der Waals surface area (Å²) in [5, 5.41) is 0.862. The van der Waals surface area contributed by atoms with Gasteiger partial charge in [-0.2, -0.15) is 0 Å². The number of Topliss-reactive ketones (excluding diaryl/α,β-unsaturated/α-hetero) is 1. The second-order valence-electron chi connectivity index (χ2n) is 12.2. The molecule has 0 radical (unpaired) electrons. The molecule has 1 fully saturated rings. The number of hydrogen-bond acceptors (Lipinski definition) is 6. The minimum absolute atomic E-state index is 0.0100. The van der Waals surface area contributed by atoms with E-state index in [-0.39, 0.29) is 42.2 Å². The van der Waals surface area contributed by atoms with Crippen LogP contribution in [0.25, 0.3) is 0 Å². The zero-order valence-electron chi connectivity index (χ0n) is 25.2. The van der Waals surface area contributed by atoms with Gasteiger partial charge >= 0.3 is 6.09 Å². The van der Waals surface area contributed by atoms with Crippen molar-refractivity contribution in [3.63, 3.8) is 0 Å². The van der Waals surface area contributed by atoms with Gasteiger partial charge in [0.2, 0.25) is 0 Å². The summed E-state index contributed by atoms with van der Waals surface area (Å²) in [5.41, 5.74) is -1.50. The van der Waals surface area contributed by atoms with Gasteiger partial charge in [-0.1, -0.05) is 55.0 Å². The molecule has 2 amide bonds. The van der Waals surface area contributed by atoms with Crippen molar-refractivity contribution in [3.8, 4) is 0 Å². The molecule has 0 bridgehead atoms. The zero-order valence-corrected chi connectivity index (χ0v) is 27.8. The van der Waals surface area contributed by atoms with Gasteiger partial charge in [-0.25, -0.2) is 9.18 Å². The van der Waals surface area contributed by atoms with Crippen molar-refractivity contribution in [1.82, 2.24) is 14.4 Å². The summed E-state index contributed by atoms with van der Waals surface area (Å²) >= 11 is 12.4. The van der Waals surface area contributed by atoms with Gasteiger partial charge in [0.15, 0.2) is 19.7 Å². The third-order valence-corrected chi connectivity index (χ3v) is 10.5. The predicted octanol–water partition coefficient (Wildman–Crippen LogP) is 7.43. The van der Waals surface area contributed by atoms with Gasteiger partial charge in [0.05, 0.1) is 47.1 Å². The number of hydrogen-bond donors (Lipinski definition) is 0. The van der Waals surface area contributed by atoms with Gasteiger partial charge in [-0.15, -0.1) is 0 Å². The van der Waals surface area contributed by atoms with Crippen LogP contribution in [0.3, 0.4) is 0 Å². The monoisotopic (exact) mass is 657 g/mol. The highest BCUT2D eigenvalue weighted by molar-refractivity contribution is 6.75. The highest BCUT2D eigenvalue weighted by Gasteiger charge is 2.60. The SMILES string of the molecule is CCOC(=O)N(C1(COC2(c3ccc(Cl)cc3)c3c(F)cc(C(C)=O)cc3C(=O)N2Cc2ccc(Cl)cn2)CC1)[Si](C)(C)C.